The highest BCUT2D eigenvalue weighted by Crippen LogP contribution is 2.31. The number of imidazole rings is 1. The Morgan fingerprint density at radius 1 is 0.925 bits per heavy atom. The van der Waals surface area contributed by atoms with Crippen molar-refractivity contribution in [3.05, 3.63) is 130 Å². The van der Waals surface area contributed by atoms with E-state index < -0.39 is 12.1 Å². The molecular formula is C33H26Cl2N2O3. The van der Waals surface area contributed by atoms with Crippen LogP contribution in [0.2, 0.25) is 10.0 Å². The molecule has 0 aliphatic heterocycles. The topological polar surface area (TPSA) is 64.4 Å². The molecule has 0 saturated carbocycles. The van der Waals surface area contributed by atoms with Gasteiger partial charge < -0.3 is 14.4 Å². The maximum absolute atomic E-state index is 11.7. The number of rotatable bonds is 9. The van der Waals surface area contributed by atoms with Crippen LogP contribution in [0.5, 0.6) is 5.75 Å². The third-order valence-electron chi connectivity index (χ3n) is 6.46. The van der Waals surface area contributed by atoms with Crippen LogP contribution in [-0.4, -0.2) is 20.6 Å². The standard InChI is InChI=1S/C33H26Cl2N2O3/c1-2-37-21-30(28-18-15-26(34)20-29(28)35)36-31(37)19-10-22-8-11-23(12-9-22)24-13-16-27(17-14-24)40-32(33(38)39)25-6-4-3-5-7-25/h3-21,32H,2H2,1H3,(H,38,39)/b19-10+. The van der Waals surface area contributed by atoms with Gasteiger partial charge in [-0.3, -0.25) is 0 Å². The van der Waals surface area contributed by atoms with Crippen LogP contribution in [0.3, 0.4) is 0 Å². The van der Waals surface area contributed by atoms with Gasteiger partial charge in [-0.05, 0) is 60.0 Å². The van der Waals surface area contributed by atoms with Gasteiger partial charge in [-0.15, -0.1) is 0 Å². The summed E-state index contributed by atoms with van der Waals surface area (Å²) in [6, 6.07) is 29.9. The molecule has 200 valence electrons. The van der Waals surface area contributed by atoms with Gasteiger partial charge in [0.2, 0.25) is 6.10 Å². The highest BCUT2D eigenvalue weighted by molar-refractivity contribution is 6.36. The molecule has 0 aliphatic rings. The van der Waals surface area contributed by atoms with E-state index in [1.165, 1.54) is 0 Å². The average molecular weight is 569 g/mol. The number of hydrogen-bond acceptors (Lipinski definition) is 3. The summed E-state index contributed by atoms with van der Waals surface area (Å²) in [6.45, 7) is 2.84. The molecule has 4 aromatic carbocycles. The predicted molar refractivity (Wildman–Crippen MR) is 162 cm³/mol. The molecule has 0 radical (unpaired) electrons. The molecule has 5 nitrogen and oxygen atoms in total. The minimum absolute atomic E-state index is 0.491. The number of aliphatic carboxylic acids is 1. The molecule has 40 heavy (non-hydrogen) atoms. The lowest BCUT2D eigenvalue weighted by molar-refractivity contribution is -0.145. The van der Waals surface area contributed by atoms with E-state index in [-0.39, 0.29) is 0 Å². The molecule has 1 heterocycles. The van der Waals surface area contributed by atoms with E-state index in [4.69, 9.17) is 32.9 Å². The summed E-state index contributed by atoms with van der Waals surface area (Å²) in [5.41, 5.74) is 5.30. The molecule has 7 heteroatoms. The molecule has 0 spiro atoms. The third kappa shape index (κ3) is 6.28. The van der Waals surface area contributed by atoms with Crippen LogP contribution in [0, 0.1) is 0 Å². The minimum Gasteiger partial charge on any atom is -0.478 e. The second-order valence-electron chi connectivity index (χ2n) is 9.12. The lowest BCUT2D eigenvalue weighted by atomic mass is 10.0. The van der Waals surface area contributed by atoms with Crippen molar-refractivity contribution in [1.82, 2.24) is 9.55 Å². The molecule has 5 aromatic rings. The van der Waals surface area contributed by atoms with Gasteiger partial charge >= 0.3 is 5.97 Å². The van der Waals surface area contributed by atoms with E-state index in [0.717, 1.165) is 40.3 Å². The van der Waals surface area contributed by atoms with Crippen molar-refractivity contribution >= 4 is 41.3 Å². The van der Waals surface area contributed by atoms with Crippen molar-refractivity contribution in [1.29, 1.82) is 0 Å². The monoisotopic (exact) mass is 568 g/mol. The molecule has 5 rings (SSSR count). The molecule has 1 unspecified atom stereocenters. The molecule has 0 aliphatic carbocycles. The molecule has 1 atom stereocenters. The highest BCUT2D eigenvalue weighted by atomic mass is 35.5. The van der Waals surface area contributed by atoms with Gasteiger partial charge in [0.25, 0.3) is 0 Å². The van der Waals surface area contributed by atoms with Crippen molar-refractivity contribution in [2.24, 2.45) is 0 Å². The maximum Gasteiger partial charge on any atom is 0.349 e. The van der Waals surface area contributed by atoms with Gasteiger partial charge in [-0.2, -0.15) is 0 Å². The summed E-state index contributed by atoms with van der Waals surface area (Å²) in [4.78, 5) is 16.5. The Hall–Kier alpha value is -4.32. The second-order valence-corrected chi connectivity index (χ2v) is 9.96. The largest absolute Gasteiger partial charge is 0.478 e. The lowest BCUT2D eigenvalue weighted by Gasteiger charge is -2.15. The molecule has 0 saturated heterocycles. The van der Waals surface area contributed by atoms with E-state index in [9.17, 15) is 9.90 Å². The normalized spacial score (nSPS) is 12.0. The van der Waals surface area contributed by atoms with Crippen LogP contribution in [0.15, 0.2) is 103 Å². The van der Waals surface area contributed by atoms with Gasteiger partial charge in [0, 0.05) is 28.9 Å². The summed E-state index contributed by atoms with van der Waals surface area (Å²) in [7, 11) is 0. The number of halogens is 2. The highest BCUT2D eigenvalue weighted by Gasteiger charge is 2.21. The summed E-state index contributed by atoms with van der Waals surface area (Å²) in [5.74, 6) is 0.286. The number of carbonyl (C=O) groups is 1. The first-order valence-electron chi connectivity index (χ1n) is 12.8. The number of aromatic nitrogens is 2. The zero-order chi connectivity index (χ0) is 28.1. The first-order valence-corrected chi connectivity index (χ1v) is 13.5. The van der Waals surface area contributed by atoms with Crippen LogP contribution < -0.4 is 4.74 Å². The maximum atomic E-state index is 11.7. The SMILES string of the molecule is CCn1cc(-c2ccc(Cl)cc2Cl)nc1/C=C/c1ccc(-c2ccc(OC(C(=O)O)c3ccccc3)cc2)cc1. The van der Waals surface area contributed by atoms with Crippen LogP contribution in [0.1, 0.15) is 30.0 Å². The van der Waals surface area contributed by atoms with Gasteiger partial charge in [0.05, 0.1) is 10.7 Å². The molecule has 1 N–H and O–H groups in total. The van der Waals surface area contributed by atoms with Crippen molar-refractivity contribution in [3.63, 3.8) is 0 Å². The predicted octanol–water partition coefficient (Wildman–Crippen LogP) is 8.92. The van der Waals surface area contributed by atoms with E-state index in [0.29, 0.717) is 21.4 Å². The van der Waals surface area contributed by atoms with Gasteiger partial charge in [-0.25, -0.2) is 9.78 Å². The fourth-order valence-corrected chi connectivity index (χ4v) is 4.86. The smallest absolute Gasteiger partial charge is 0.349 e. The number of hydrogen-bond donors (Lipinski definition) is 1. The quantitative estimate of drug-likeness (QED) is 0.193. The van der Waals surface area contributed by atoms with Gasteiger partial charge in [0.1, 0.15) is 11.6 Å². The Balaban J connectivity index is 1.29. The molecule has 0 fully saturated rings. The number of nitrogens with zero attached hydrogens (tertiary/aromatic N) is 2. The van der Waals surface area contributed by atoms with Crippen LogP contribution in [0.25, 0.3) is 34.5 Å². The third-order valence-corrected chi connectivity index (χ3v) is 7.01. The summed E-state index contributed by atoms with van der Waals surface area (Å²) in [6.07, 6.45) is 4.94. The summed E-state index contributed by atoms with van der Waals surface area (Å²) >= 11 is 12.4. The fourth-order valence-electron chi connectivity index (χ4n) is 4.35. The van der Waals surface area contributed by atoms with Crippen LogP contribution in [-0.2, 0) is 11.3 Å². The zero-order valence-corrected chi connectivity index (χ0v) is 23.2. The molecule has 1 aromatic heterocycles. The van der Waals surface area contributed by atoms with E-state index in [1.54, 1.807) is 42.5 Å². The number of ether oxygens (including phenoxy) is 1. The van der Waals surface area contributed by atoms with E-state index in [1.807, 2.05) is 72.9 Å². The molecule has 0 bridgehead atoms. The van der Waals surface area contributed by atoms with Gasteiger partial charge in [-0.1, -0.05) is 96.0 Å². The summed E-state index contributed by atoms with van der Waals surface area (Å²) < 4.78 is 7.85. The number of aryl methyl sites for hydroxylation is 1. The van der Waals surface area contributed by atoms with E-state index >= 15 is 0 Å². The Morgan fingerprint density at radius 3 is 2.23 bits per heavy atom. The van der Waals surface area contributed by atoms with Crippen LogP contribution in [0.4, 0.5) is 0 Å². The Morgan fingerprint density at radius 2 is 1.60 bits per heavy atom. The number of carboxylic acids is 1. The summed E-state index contributed by atoms with van der Waals surface area (Å²) in [5, 5.41) is 10.8. The number of benzene rings is 4. The lowest BCUT2D eigenvalue weighted by Crippen LogP contribution is -2.18. The van der Waals surface area contributed by atoms with E-state index in [2.05, 4.69) is 11.5 Å². The molecular weight excluding hydrogens is 543 g/mol. The Bertz CT molecular complexity index is 1640. The number of carboxylic acid groups (broad SMARTS) is 1. The average Bonchev–Trinajstić information content (AvgIpc) is 3.38. The minimum atomic E-state index is -1.07. The zero-order valence-electron chi connectivity index (χ0n) is 21.7. The Kier molecular flexibility index (Phi) is 8.34. The van der Waals surface area contributed by atoms with Crippen molar-refractivity contribution in [2.45, 2.75) is 19.6 Å². The fraction of sp³-hybridized carbons (Fsp3) is 0.0909. The Labute approximate surface area is 242 Å². The van der Waals surface area contributed by atoms with Gasteiger partial charge in [0.15, 0.2) is 0 Å². The van der Waals surface area contributed by atoms with Crippen molar-refractivity contribution in [3.8, 4) is 28.1 Å². The second kappa shape index (κ2) is 12.2. The first-order chi connectivity index (χ1) is 19.4. The van der Waals surface area contributed by atoms with Crippen molar-refractivity contribution in [2.75, 3.05) is 0 Å². The first kappa shape index (κ1) is 27.3. The molecule has 0 amide bonds. The van der Waals surface area contributed by atoms with Crippen LogP contribution >= 0.6 is 23.2 Å². The van der Waals surface area contributed by atoms with Crippen molar-refractivity contribution < 1.29 is 14.6 Å².